The summed E-state index contributed by atoms with van der Waals surface area (Å²) in [6.45, 7) is 0. The summed E-state index contributed by atoms with van der Waals surface area (Å²) in [7, 11) is 0. The fourth-order valence-corrected chi connectivity index (χ4v) is 2.57. The van der Waals surface area contributed by atoms with Crippen molar-refractivity contribution < 1.29 is 14.3 Å². The monoisotopic (exact) mass is 271 g/mol. The molecular weight excluding hydrogens is 257 g/mol. The molecule has 0 saturated heterocycles. The van der Waals surface area contributed by atoms with E-state index in [-0.39, 0.29) is 6.42 Å². The molecular formula is C16H14FNO2. The predicted octanol–water partition coefficient (Wildman–Crippen LogP) is 3.39. The highest BCUT2D eigenvalue weighted by molar-refractivity contribution is 5.78. The molecule has 3 nitrogen and oxygen atoms in total. The highest BCUT2D eigenvalue weighted by atomic mass is 19.1. The average molecular weight is 271 g/mol. The second-order valence-electron chi connectivity index (χ2n) is 5.09. The van der Waals surface area contributed by atoms with Crippen molar-refractivity contribution in [1.29, 1.82) is 0 Å². The maximum atomic E-state index is 13.3. The average Bonchev–Trinajstić information content (AvgIpc) is 3.22. The third-order valence-corrected chi connectivity index (χ3v) is 3.60. The normalized spacial score (nSPS) is 14.2. The fraction of sp³-hybridized carbons (Fsp3) is 0.250. The minimum atomic E-state index is -0.867. The van der Waals surface area contributed by atoms with Crippen molar-refractivity contribution in [2.75, 3.05) is 0 Å². The van der Waals surface area contributed by atoms with Crippen LogP contribution in [0.2, 0.25) is 0 Å². The second kappa shape index (κ2) is 5.04. The molecule has 1 heterocycles. The van der Waals surface area contributed by atoms with E-state index in [0.717, 1.165) is 29.5 Å². The lowest BCUT2D eigenvalue weighted by atomic mass is 9.91. The molecule has 0 amide bonds. The summed E-state index contributed by atoms with van der Waals surface area (Å²) < 4.78 is 13.3. The van der Waals surface area contributed by atoms with Crippen LogP contribution in [-0.4, -0.2) is 16.1 Å². The molecule has 102 valence electrons. The van der Waals surface area contributed by atoms with Crippen molar-refractivity contribution in [2.24, 2.45) is 0 Å². The van der Waals surface area contributed by atoms with Crippen LogP contribution >= 0.6 is 0 Å². The number of carboxylic acid groups (broad SMARTS) is 1. The number of benzene rings is 1. The Hall–Kier alpha value is -2.23. The number of aromatic nitrogens is 1. The van der Waals surface area contributed by atoms with Crippen molar-refractivity contribution in [1.82, 2.24) is 4.98 Å². The number of hydrogen-bond acceptors (Lipinski definition) is 2. The van der Waals surface area contributed by atoms with E-state index in [1.165, 1.54) is 12.3 Å². The molecule has 1 aliphatic carbocycles. The number of rotatable bonds is 4. The first-order valence-corrected chi connectivity index (χ1v) is 6.60. The SMILES string of the molecule is O=C(O)Cc1c(-c2ccnc(F)c2)cccc1C1CC1. The van der Waals surface area contributed by atoms with Crippen LogP contribution in [0, 0.1) is 5.95 Å². The molecule has 1 aliphatic rings. The van der Waals surface area contributed by atoms with Gasteiger partial charge in [0.05, 0.1) is 6.42 Å². The summed E-state index contributed by atoms with van der Waals surface area (Å²) >= 11 is 0. The molecule has 0 unspecified atom stereocenters. The van der Waals surface area contributed by atoms with Gasteiger partial charge in [0.1, 0.15) is 0 Å². The van der Waals surface area contributed by atoms with Gasteiger partial charge in [-0.15, -0.1) is 0 Å². The molecule has 3 rings (SSSR count). The van der Waals surface area contributed by atoms with Gasteiger partial charge >= 0.3 is 5.97 Å². The predicted molar refractivity (Wildman–Crippen MR) is 72.9 cm³/mol. The van der Waals surface area contributed by atoms with Crippen LogP contribution < -0.4 is 0 Å². The zero-order valence-electron chi connectivity index (χ0n) is 10.8. The summed E-state index contributed by atoms with van der Waals surface area (Å²) in [5.41, 5.74) is 3.35. The third kappa shape index (κ3) is 2.54. The molecule has 1 fully saturated rings. The minimum Gasteiger partial charge on any atom is -0.481 e. The van der Waals surface area contributed by atoms with Gasteiger partial charge in [-0.05, 0) is 47.1 Å². The van der Waals surface area contributed by atoms with Crippen molar-refractivity contribution in [3.63, 3.8) is 0 Å². The van der Waals surface area contributed by atoms with Crippen molar-refractivity contribution in [3.05, 3.63) is 53.6 Å². The number of carbonyl (C=O) groups is 1. The van der Waals surface area contributed by atoms with Crippen LogP contribution in [0.5, 0.6) is 0 Å². The Morgan fingerprint density at radius 3 is 2.80 bits per heavy atom. The van der Waals surface area contributed by atoms with Crippen LogP contribution in [0.25, 0.3) is 11.1 Å². The molecule has 1 aromatic carbocycles. The first kappa shape index (κ1) is 12.8. The van der Waals surface area contributed by atoms with E-state index in [4.69, 9.17) is 5.11 Å². The van der Waals surface area contributed by atoms with E-state index >= 15 is 0 Å². The lowest BCUT2D eigenvalue weighted by Crippen LogP contribution is -2.05. The van der Waals surface area contributed by atoms with Crippen LogP contribution in [0.1, 0.15) is 29.9 Å². The number of carboxylic acids is 1. The number of hydrogen-bond donors (Lipinski definition) is 1. The minimum absolute atomic E-state index is 0.0358. The Bertz CT molecular complexity index is 665. The maximum Gasteiger partial charge on any atom is 0.307 e. The molecule has 0 bridgehead atoms. The number of aliphatic carboxylic acids is 1. The first-order chi connectivity index (χ1) is 9.65. The maximum absolute atomic E-state index is 13.3. The molecule has 0 atom stereocenters. The molecule has 0 aliphatic heterocycles. The van der Waals surface area contributed by atoms with E-state index in [1.54, 1.807) is 6.07 Å². The van der Waals surface area contributed by atoms with E-state index in [0.29, 0.717) is 11.5 Å². The summed E-state index contributed by atoms with van der Waals surface area (Å²) in [4.78, 5) is 14.7. The Balaban J connectivity index is 2.13. The molecule has 2 aromatic rings. The van der Waals surface area contributed by atoms with Gasteiger partial charge in [0.15, 0.2) is 0 Å². The van der Waals surface area contributed by atoms with E-state index in [1.807, 2.05) is 18.2 Å². The van der Waals surface area contributed by atoms with E-state index in [9.17, 15) is 9.18 Å². The van der Waals surface area contributed by atoms with Crippen LogP contribution in [-0.2, 0) is 11.2 Å². The molecule has 4 heteroatoms. The van der Waals surface area contributed by atoms with Gasteiger partial charge in [-0.1, -0.05) is 18.2 Å². The van der Waals surface area contributed by atoms with Gasteiger partial charge in [-0.2, -0.15) is 4.39 Å². The van der Waals surface area contributed by atoms with Crippen LogP contribution in [0.3, 0.4) is 0 Å². The van der Waals surface area contributed by atoms with Gasteiger partial charge in [0, 0.05) is 12.3 Å². The summed E-state index contributed by atoms with van der Waals surface area (Å²) in [5, 5.41) is 9.13. The lowest BCUT2D eigenvalue weighted by Gasteiger charge is -2.13. The fourth-order valence-electron chi connectivity index (χ4n) is 2.57. The van der Waals surface area contributed by atoms with Gasteiger partial charge < -0.3 is 5.11 Å². The Morgan fingerprint density at radius 2 is 2.15 bits per heavy atom. The zero-order valence-corrected chi connectivity index (χ0v) is 10.8. The van der Waals surface area contributed by atoms with Crippen LogP contribution in [0.4, 0.5) is 4.39 Å². The molecule has 1 N–H and O–H groups in total. The topological polar surface area (TPSA) is 50.2 Å². The smallest absolute Gasteiger partial charge is 0.307 e. The Labute approximate surface area is 116 Å². The third-order valence-electron chi connectivity index (χ3n) is 3.60. The van der Waals surface area contributed by atoms with Gasteiger partial charge in [-0.3, -0.25) is 4.79 Å². The van der Waals surface area contributed by atoms with Gasteiger partial charge in [0.25, 0.3) is 0 Å². The highest BCUT2D eigenvalue weighted by Gasteiger charge is 2.27. The Kier molecular flexibility index (Phi) is 3.22. The number of pyridine rings is 1. The van der Waals surface area contributed by atoms with Crippen molar-refractivity contribution in [2.45, 2.75) is 25.2 Å². The zero-order chi connectivity index (χ0) is 14.1. The molecule has 0 spiro atoms. The van der Waals surface area contributed by atoms with Gasteiger partial charge in [-0.25, -0.2) is 4.98 Å². The van der Waals surface area contributed by atoms with Gasteiger partial charge in [0.2, 0.25) is 5.95 Å². The number of nitrogens with zero attached hydrogens (tertiary/aromatic N) is 1. The molecule has 1 saturated carbocycles. The largest absolute Gasteiger partial charge is 0.481 e. The van der Waals surface area contributed by atoms with Crippen molar-refractivity contribution >= 4 is 5.97 Å². The number of halogens is 1. The van der Waals surface area contributed by atoms with E-state index in [2.05, 4.69) is 4.98 Å². The first-order valence-electron chi connectivity index (χ1n) is 6.60. The van der Waals surface area contributed by atoms with E-state index < -0.39 is 11.9 Å². The Morgan fingerprint density at radius 1 is 1.35 bits per heavy atom. The summed E-state index contributed by atoms with van der Waals surface area (Å²) in [6.07, 6.45) is 3.56. The molecule has 1 aromatic heterocycles. The standard InChI is InChI=1S/C16H14FNO2/c17-15-8-11(6-7-18-15)13-3-1-2-12(10-4-5-10)14(13)9-16(19)20/h1-3,6-8,10H,4-5,9H2,(H,19,20). The second-order valence-corrected chi connectivity index (χ2v) is 5.09. The van der Waals surface area contributed by atoms with Crippen molar-refractivity contribution in [3.8, 4) is 11.1 Å². The molecule has 0 radical (unpaired) electrons. The molecule has 20 heavy (non-hydrogen) atoms. The summed E-state index contributed by atoms with van der Waals surface area (Å²) in [6, 6.07) is 8.79. The highest BCUT2D eigenvalue weighted by Crippen LogP contribution is 2.43. The quantitative estimate of drug-likeness (QED) is 0.867. The van der Waals surface area contributed by atoms with Crippen LogP contribution in [0.15, 0.2) is 36.5 Å². The lowest BCUT2D eigenvalue weighted by molar-refractivity contribution is -0.136. The summed E-state index contributed by atoms with van der Waals surface area (Å²) in [5.74, 6) is -0.967.